The fourth-order valence-electron chi connectivity index (χ4n) is 1.55. The molecule has 1 atom stereocenters. The van der Waals surface area contributed by atoms with Crippen LogP contribution >= 0.6 is 0 Å². The van der Waals surface area contributed by atoms with Crippen LogP contribution in [-0.4, -0.2) is 46.0 Å². The molecule has 0 radical (unpaired) electrons. The van der Waals surface area contributed by atoms with Crippen molar-refractivity contribution in [3.05, 3.63) is 0 Å². The van der Waals surface area contributed by atoms with Crippen LogP contribution < -0.4 is 10.0 Å². The van der Waals surface area contributed by atoms with Gasteiger partial charge in [0.2, 0.25) is 10.0 Å². The van der Waals surface area contributed by atoms with Gasteiger partial charge in [-0.1, -0.05) is 27.7 Å². The quantitative estimate of drug-likeness (QED) is 0.565. The predicted molar refractivity (Wildman–Crippen MR) is 79.8 cm³/mol. The van der Waals surface area contributed by atoms with Gasteiger partial charge in [-0.3, -0.25) is 0 Å². The summed E-state index contributed by atoms with van der Waals surface area (Å²) in [6.45, 7) is 11.7. The van der Waals surface area contributed by atoms with Crippen molar-refractivity contribution in [3.63, 3.8) is 0 Å². The first kappa shape index (κ1) is 18.8. The van der Waals surface area contributed by atoms with Crippen LogP contribution in [0.5, 0.6) is 0 Å². The summed E-state index contributed by atoms with van der Waals surface area (Å²) in [5.41, 5.74) is 0. The van der Waals surface area contributed by atoms with Crippen molar-refractivity contribution in [3.8, 4) is 0 Å². The molecule has 0 aromatic carbocycles. The first-order valence-electron chi connectivity index (χ1n) is 7.09. The molecule has 0 aliphatic rings. The smallest absolute Gasteiger partial charge is 0.211 e. The minimum absolute atomic E-state index is 0.150. The second kappa shape index (κ2) is 9.69. The van der Waals surface area contributed by atoms with Crippen LogP contribution in [0.1, 0.15) is 41.0 Å². The molecule has 0 fully saturated rings. The van der Waals surface area contributed by atoms with Gasteiger partial charge in [0.05, 0.1) is 12.4 Å². The van der Waals surface area contributed by atoms with Crippen LogP contribution in [0.15, 0.2) is 0 Å². The van der Waals surface area contributed by atoms with Crippen LogP contribution in [0.2, 0.25) is 0 Å². The Morgan fingerprint density at radius 2 is 1.79 bits per heavy atom. The Morgan fingerprint density at radius 1 is 1.16 bits per heavy atom. The zero-order valence-corrected chi connectivity index (χ0v) is 13.7. The van der Waals surface area contributed by atoms with Crippen LogP contribution in [0, 0.1) is 5.92 Å². The van der Waals surface area contributed by atoms with E-state index in [2.05, 4.69) is 10.0 Å². The molecular formula is C13H30N2O3S. The topological polar surface area (TPSA) is 67.4 Å². The lowest BCUT2D eigenvalue weighted by atomic mass is 10.1. The normalized spacial score (nSPS) is 14.3. The maximum absolute atomic E-state index is 12.0. The Kier molecular flexibility index (Phi) is 9.60. The zero-order valence-electron chi connectivity index (χ0n) is 12.9. The summed E-state index contributed by atoms with van der Waals surface area (Å²) in [4.78, 5) is 0. The third-order valence-corrected chi connectivity index (χ3v) is 4.27. The van der Waals surface area contributed by atoms with E-state index in [4.69, 9.17) is 4.74 Å². The minimum Gasteiger partial charge on any atom is -0.380 e. The first-order valence-corrected chi connectivity index (χ1v) is 8.74. The molecule has 0 saturated carbocycles. The van der Waals surface area contributed by atoms with E-state index in [-0.39, 0.29) is 17.7 Å². The van der Waals surface area contributed by atoms with Crippen molar-refractivity contribution < 1.29 is 13.2 Å². The van der Waals surface area contributed by atoms with Gasteiger partial charge in [-0.2, -0.15) is 0 Å². The van der Waals surface area contributed by atoms with Crippen molar-refractivity contribution in [2.45, 2.75) is 53.1 Å². The summed E-state index contributed by atoms with van der Waals surface area (Å²) < 4.78 is 32.0. The molecule has 0 bridgehead atoms. The third-order valence-electron chi connectivity index (χ3n) is 2.78. The molecule has 0 saturated heterocycles. The second-order valence-corrected chi connectivity index (χ2v) is 7.28. The summed E-state index contributed by atoms with van der Waals surface area (Å²) in [7, 11) is -3.22. The molecule has 0 aromatic heterocycles. The lowest BCUT2D eigenvalue weighted by Crippen LogP contribution is -2.43. The highest BCUT2D eigenvalue weighted by atomic mass is 32.2. The average molecular weight is 294 g/mol. The van der Waals surface area contributed by atoms with Gasteiger partial charge in [-0.25, -0.2) is 13.1 Å². The monoisotopic (exact) mass is 294 g/mol. The van der Waals surface area contributed by atoms with E-state index in [0.29, 0.717) is 25.7 Å². The Balaban J connectivity index is 4.16. The fraction of sp³-hybridized carbons (Fsp3) is 1.00. The highest BCUT2D eigenvalue weighted by molar-refractivity contribution is 7.89. The molecule has 0 rings (SSSR count). The van der Waals surface area contributed by atoms with Crippen LogP contribution in [0.3, 0.4) is 0 Å². The maximum Gasteiger partial charge on any atom is 0.211 e. The molecule has 6 heteroatoms. The lowest BCUT2D eigenvalue weighted by Gasteiger charge is -2.22. The van der Waals surface area contributed by atoms with Gasteiger partial charge in [0.15, 0.2) is 0 Å². The van der Waals surface area contributed by atoms with Gasteiger partial charge in [0.1, 0.15) is 0 Å². The number of rotatable bonds is 11. The first-order chi connectivity index (χ1) is 8.78. The van der Waals surface area contributed by atoms with Crippen molar-refractivity contribution in [2.24, 2.45) is 5.92 Å². The number of hydrogen-bond acceptors (Lipinski definition) is 4. The van der Waals surface area contributed by atoms with Gasteiger partial charge >= 0.3 is 0 Å². The second-order valence-electron chi connectivity index (χ2n) is 5.41. The third kappa shape index (κ3) is 10.3. The molecular weight excluding hydrogens is 264 g/mol. The van der Waals surface area contributed by atoms with Crippen LogP contribution in [0.25, 0.3) is 0 Å². The molecule has 5 nitrogen and oxygen atoms in total. The van der Waals surface area contributed by atoms with E-state index in [1.807, 2.05) is 34.6 Å². The van der Waals surface area contributed by atoms with E-state index in [0.717, 1.165) is 6.54 Å². The molecule has 1 unspecified atom stereocenters. The summed E-state index contributed by atoms with van der Waals surface area (Å²) >= 11 is 0. The van der Waals surface area contributed by atoms with Gasteiger partial charge in [0, 0.05) is 18.7 Å². The van der Waals surface area contributed by atoms with Crippen LogP contribution in [0.4, 0.5) is 0 Å². The molecule has 0 spiro atoms. The number of ether oxygens (including phenoxy) is 1. The number of sulfonamides is 1. The summed E-state index contributed by atoms with van der Waals surface area (Å²) in [5.74, 6) is 0.373. The SMILES string of the molecule is CCOCC(NS(=O)(=O)CCCNC(C)C)C(C)C. The zero-order chi connectivity index (χ0) is 14.9. The Labute approximate surface area is 118 Å². The highest BCUT2D eigenvalue weighted by Crippen LogP contribution is 2.05. The largest absolute Gasteiger partial charge is 0.380 e. The maximum atomic E-state index is 12.0. The van der Waals surface area contributed by atoms with Gasteiger partial charge in [-0.05, 0) is 25.8 Å². The number of hydrogen-bond donors (Lipinski definition) is 2. The van der Waals surface area contributed by atoms with Crippen LogP contribution in [-0.2, 0) is 14.8 Å². The van der Waals surface area contributed by atoms with E-state index < -0.39 is 10.0 Å². The summed E-state index contributed by atoms with van der Waals surface area (Å²) in [5, 5.41) is 3.21. The van der Waals surface area contributed by atoms with E-state index in [1.165, 1.54) is 0 Å². The van der Waals surface area contributed by atoms with E-state index >= 15 is 0 Å². The van der Waals surface area contributed by atoms with Crippen molar-refractivity contribution in [1.82, 2.24) is 10.0 Å². The van der Waals surface area contributed by atoms with Gasteiger partial charge < -0.3 is 10.1 Å². The van der Waals surface area contributed by atoms with Gasteiger partial charge in [0.25, 0.3) is 0 Å². The Morgan fingerprint density at radius 3 is 2.26 bits per heavy atom. The lowest BCUT2D eigenvalue weighted by molar-refractivity contribution is 0.116. The molecule has 116 valence electrons. The molecule has 0 heterocycles. The van der Waals surface area contributed by atoms with E-state index in [1.54, 1.807) is 0 Å². The molecule has 0 aliphatic carbocycles. The van der Waals surface area contributed by atoms with E-state index in [9.17, 15) is 8.42 Å². The average Bonchev–Trinajstić information content (AvgIpc) is 2.29. The van der Waals surface area contributed by atoms with Gasteiger partial charge in [-0.15, -0.1) is 0 Å². The minimum atomic E-state index is -3.22. The molecule has 19 heavy (non-hydrogen) atoms. The highest BCUT2D eigenvalue weighted by Gasteiger charge is 2.20. The fourth-order valence-corrected chi connectivity index (χ4v) is 2.99. The number of nitrogens with one attached hydrogen (secondary N) is 2. The van der Waals surface area contributed by atoms with Crippen molar-refractivity contribution in [1.29, 1.82) is 0 Å². The molecule has 2 N–H and O–H groups in total. The Hall–Kier alpha value is -0.170. The molecule has 0 aliphatic heterocycles. The summed E-state index contributed by atoms with van der Waals surface area (Å²) in [6, 6.07) is 0.236. The standard InChI is InChI=1S/C13H30N2O3S/c1-6-18-10-13(11(2)3)15-19(16,17)9-7-8-14-12(4)5/h11-15H,6-10H2,1-5H3. The Bertz CT molecular complexity index is 316. The molecule has 0 amide bonds. The van der Waals surface area contributed by atoms with Crippen molar-refractivity contribution in [2.75, 3.05) is 25.5 Å². The summed E-state index contributed by atoms with van der Waals surface area (Å²) in [6.07, 6.45) is 0.618. The van der Waals surface area contributed by atoms with Crippen molar-refractivity contribution >= 4 is 10.0 Å². The molecule has 0 aromatic rings. The predicted octanol–water partition coefficient (Wildman–Crippen LogP) is 1.36.